The first kappa shape index (κ1) is 16.6. The van der Waals surface area contributed by atoms with Gasteiger partial charge in [0.25, 0.3) is 0 Å². The van der Waals surface area contributed by atoms with E-state index in [-0.39, 0.29) is 12.4 Å². The highest BCUT2D eigenvalue weighted by Crippen LogP contribution is 2.15. The lowest BCUT2D eigenvalue weighted by atomic mass is 10.1. The zero-order valence-corrected chi connectivity index (χ0v) is 12.4. The second-order valence-electron chi connectivity index (χ2n) is 4.32. The van der Waals surface area contributed by atoms with Crippen LogP contribution in [0.4, 0.5) is 0 Å². The number of aliphatic carboxylic acids is 1. The summed E-state index contributed by atoms with van der Waals surface area (Å²) < 4.78 is 4.92. The van der Waals surface area contributed by atoms with Gasteiger partial charge in [-0.05, 0) is 43.2 Å². The average molecular weight is 296 g/mol. The number of ether oxygens (including phenoxy) is 1. The van der Waals surface area contributed by atoms with Crippen molar-refractivity contribution in [3.63, 3.8) is 0 Å². The number of carboxylic acids is 1. The number of benzene rings is 1. The van der Waals surface area contributed by atoms with Gasteiger partial charge in [0.2, 0.25) is 0 Å². The Hall–Kier alpha value is -1.49. The maximum Gasteiger partial charge on any atom is 0.338 e. The fourth-order valence-electron chi connectivity index (χ4n) is 1.62. The van der Waals surface area contributed by atoms with Crippen LogP contribution in [0.15, 0.2) is 24.3 Å². The van der Waals surface area contributed by atoms with E-state index in [0.717, 1.165) is 29.9 Å². The predicted octanol–water partition coefficient (Wildman–Crippen LogP) is 3.35. The maximum absolute atomic E-state index is 11.5. The number of carbonyl (C=O) groups excluding carboxylic acids is 1. The van der Waals surface area contributed by atoms with Crippen molar-refractivity contribution in [2.24, 2.45) is 0 Å². The predicted molar refractivity (Wildman–Crippen MR) is 80.0 cm³/mol. The Kier molecular flexibility index (Phi) is 7.80. The van der Waals surface area contributed by atoms with E-state index in [2.05, 4.69) is 0 Å². The molecule has 0 amide bonds. The quantitative estimate of drug-likeness (QED) is 0.559. The van der Waals surface area contributed by atoms with Crippen molar-refractivity contribution in [3.05, 3.63) is 35.4 Å². The molecule has 0 saturated heterocycles. The van der Waals surface area contributed by atoms with Crippen molar-refractivity contribution in [1.29, 1.82) is 0 Å². The molecule has 0 aliphatic carbocycles. The zero-order chi connectivity index (χ0) is 14.8. The first-order valence-electron chi connectivity index (χ1n) is 6.69. The molecule has 1 aromatic carbocycles. The van der Waals surface area contributed by atoms with Gasteiger partial charge in [-0.15, -0.1) is 0 Å². The van der Waals surface area contributed by atoms with Gasteiger partial charge in [-0.3, -0.25) is 4.79 Å². The number of carbonyl (C=O) groups is 2. The third-order valence-electron chi connectivity index (χ3n) is 2.66. The lowest BCUT2D eigenvalue weighted by molar-refractivity contribution is -0.137. The summed E-state index contributed by atoms with van der Waals surface area (Å²) >= 11 is 1.77. The van der Waals surface area contributed by atoms with E-state index in [0.29, 0.717) is 12.2 Å². The SMILES string of the molecule is CCOC(=O)c1ccc(CSCCCCC(=O)O)cc1. The van der Waals surface area contributed by atoms with Gasteiger partial charge in [0, 0.05) is 12.2 Å². The smallest absolute Gasteiger partial charge is 0.338 e. The number of unbranched alkanes of at least 4 members (excludes halogenated alkanes) is 1. The molecule has 110 valence electrons. The van der Waals surface area contributed by atoms with Crippen LogP contribution in [0.5, 0.6) is 0 Å². The van der Waals surface area contributed by atoms with Crippen molar-refractivity contribution in [2.75, 3.05) is 12.4 Å². The topological polar surface area (TPSA) is 63.6 Å². The van der Waals surface area contributed by atoms with E-state index in [1.165, 1.54) is 0 Å². The molecule has 0 radical (unpaired) electrons. The van der Waals surface area contributed by atoms with Crippen molar-refractivity contribution in [2.45, 2.75) is 31.9 Å². The second-order valence-corrected chi connectivity index (χ2v) is 5.43. The van der Waals surface area contributed by atoms with Crippen molar-refractivity contribution in [3.8, 4) is 0 Å². The Bertz CT molecular complexity index is 428. The Morgan fingerprint density at radius 3 is 2.50 bits per heavy atom. The van der Waals surface area contributed by atoms with Gasteiger partial charge in [0.05, 0.1) is 12.2 Å². The second kappa shape index (κ2) is 9.42. The number of hydrogen-bond donors (Lipinski definition) is 1. The van der Waals surface area contributed by atoms with Crippen molar-refractivity contribution < 1.29 is 19.4 Å². The van der Waals surface area contributed by atoms with E-state index in [9.17, 15) is 9.59 Å². The average Bonchev–Trinajstić information content (AvgIpc) is 2.43. The molecule has 1 N–H and O–H groups in total. The van der Waals surface area contributed by atoms with E-state index >= 15 is 0 Å². The van der Waals surface area contributed by atoms with Crippen LogP contribution in [0.1, 0.15) is 42.1 Å². The minimum atomic E-state index is -0.732. The molecule has 0 aromatic heterocycles. The fourth-order valence-corrected chi connectivity index (χ4v) is 2.60. The number of rotatable bonds is 9. The third kappa shape index (κ3) is 6.61. The minimum Gasteiger partial charge on any atom is -0.481 e. The molecule has 0 aliphatic rings. The van der Waals surface area contributed by atoms with Crippen LogP contribution in [-0.2, 0) is 15.3 Å². The highest BCUT2D eigenvalue weighted by Gasteiger charge is 2.05. The van der Waals surface area contributed by atoms with Crippen LogP contribution in [0.25, 0.3) is 0 Å². The van der Waals surface area contributed by atoms with Gasteiger partial charge in [-0.2, -0.15) is 11.8 Å². The molecule has 20 heavy (non-hydrogen) atoms. The lowest BCUT2D eigenvalue weighted by Gasteiger charge is -2.04. The summed E-state index contributed by atoms with van der Waals surface area (Å²) in [5.74, 6) is 0.799. The van der Waals surface area contributed by atoms with Crippen LogP contribution < -0.4 is 0 Å². The molecule has 0 saturated carbocycles. The fraction of sp³-hybridized carbons (Fsp3) is 0.467. The Balaban J connectivity index is 2.24. The summed E-state index contributed by atoms with van der Waals surface area (Å²) in [4.78, 5) is 21.8. The largest absolute Gasteiger partial charge is 0.481 e. The molecule has 4 nitrogen and oxygen atoms in total. The summed E-state index contributed by atoms with van der Waals surface area (Å²) in [6.45, 7) is 2.17. The van der Waals surface area contributed by atoms with Gasteiger partial charge in [-0.1, -0.05) is 12.1 Å². The lowest BCUT2D eigenvalue weighted by Crippen LogP contribution is -2.04. The maximum atomic E-state index is 11.5. The molecule has 0 aliphatic heterocycles. The normalized spacial score (nSPS) is 10.2. The molecule has 1 rings (SSSR count). The standard InChI is InChI=1S/C15H20O4S/c1-2-19-15(18)13-8-6-12(7-9-13)11-20-10-4-3-5-14(16)17/h6-9H,2-5,10-11H2,1H3,(H,16,17). The molecular weight excluding hydrogens is 276 g/mol. The van der Waals surface area contributed by atoms with E-state index in [1.807, 2.05) is 12.1 Å². The van der Waals surface area contributed by atoms with Gasteiger partial charge < -0.3 is 9.84 Å². The molecule has 0 unspecified atom stereocenters. The van der Waals surface area contributed by atoms with Gasteiger partial charge in [-0.25, -0.2) is 4.79 Å². The molecule has 5 heteroatoms. The van der Waals surface area contributed by atoms with E-state index < -0.39 is 5.97 Å². The number of carboxylic acid groups (broad SMARTS) is 1. The highest BCUT2D eigenvalue weighted by molar-refractivity contribution is 7.98. The Morgan fingerprint density at radius 2 is 1.90 bits per heavy atom. The number of thioether (sulfide) groups is 1. The summed E-state index contributed by atoms with van der Waals surface area (Å²) in [6, 6.07) is 7.41. The van der Waals surface area contributed by atoms with Crippen molar-refractivity contribution >= 4 is 23.7 Å². The third-order valence-corrected chi connectivity index (χ3v) is 3.78. The van der Waals surface area contributed by atoms with E-state index in [4.69, 9.17) is 9.84 Å². The summed E-state index contributed by atoms with van der Waals surface area (Å²) in [7, 11) is 0. The molecular formula is C15H20O4S. The Morgan fingerprint density at radius 1 is 1.20 bits per heavy atom. The summed E-state index contributed by atoms with van der Waals surface area (Å²) in [5, 5.41) is 8.51. The minimum absolute atomic E-state index is 0.245. The van der Waals surface area contributed by atoms with Gasteiger partial charge >= 0.3 is 11.9 Å². The van der Waals surface area contributed by atoms with Crippen LogP contribution in [-0.4, -0.2) is 29.4 Å². The molecule has 0 heterocycles. The number of esters is 1. The summed E-state index contributed by atoms with van der Waals surface area (Å²) in [6.07, 6.45) is 1.89. The van der Waals surface area contributed by atoms with Crippen LogP contribution >= 0.6 is 11.8 Å². The van der Waals surface area contributed by atoms with Crippen LogP contribution in [0.3, 0.4) is 0 Å². The van der Waals surface area contributed by atoms with Crippen LogP contribution in [0.2, 0.25) is 0 Å². The zero-order valence-electron chi connectivity index (χ0n) is 11.6. The molecule has 0 fully saturated rings. The number of hydrogen-bond acceptors (Lipinski definition) is 4. The first-order chi connectivity index (χ1) is 9.63. The Labute approximate surface area is 123 Å². The van der Waals surface area contributed by atoms with E-state index in [1.54, 1.807) is 30.8 Å². The van der Waals surface area contributed by atoms with Gasteiger partial charge in [0.1, 0.15) is 0 Å². The molecule has 0 spiro atoms. The van der Waals surface area contributed by atoms with Crippen LogP contribution in [0, 0.1) is 0 Å². The summed E-state index contributed by atoms with van der Waals surface area (Å²) in [5.41, 5.74) is 1.73. The van der Waals surface area contributed by atoms with Gasteiger partial charge in [0.15, 0.2) is 0 Å². The highest BCUT2D eigenvalue weighted by atomic mass is 32.2. The monoisotopic (exact) mass is 296 g/mol. The first-order valence-corrected chi connectivity index (χ1v) is 7.84. The molecule has 0 bridgehead atoms. The molecule has 1 aromatic rings. The molecule has 0 atom stereocenters. The van der Waals surface area contributed by atoms with Crippen molar-refractivity contribution in [1.82, 2.24) is 0 Å².